The molecule has 0 spiro atoms. The quantitative estimate of drug-likeness (QED) is 0.517. The van der Waals surface area contributed by atoms with E-state index in [9.17, 15) is 14.0 Å². The smallest absolute Gasteiger partial charge is 0.337 e. The summed E-state index contributed by atoms with van der Waals surface area (Å²) in [5, 5.41) is 11.7. The predicted molar refractivity (Wildman–Crippen MR) is 89.5 cm³/mol. The zero-order valence-corrected chi connectivity index (χ0v) is 14.7. The number of esters is 1. The van der Waals surface area contributed by atoms with Gasteiger partial charge in [0.05, 0.1) is 31.5 Å². The van der Waals surface area contributed by atoms with Crippen molar-refractivity contribution in [3.63, 3.8) is 0 Å². The SMILES string of the molecule is COC(=O)C1=C(Nc2cc(C(OC)OC)ccc2F)C(=O)N(CCO)C1. The van der Waals surface area contributed by atoms with E-state index in [2.05, 4.69) is 5.32 Å². The van der Waals surface area contributed by atoms with E-state index < -0.39 is 24.0 Å². The number of amides is 1. The number of benzene rings is 1. The van der Waals surface area contributed by atoms with Gasteiger partial charge in [-0.3, -0.25) is 4.79 Å². The van der Waals surface area contributed by atoms with Crippen molar-refractivity contribution in [1.29, 1.82) is 0 Å². The van der Waals surface area contributed by atoms with Crippen LogP contribution in [0.25, 0.3) is 0 Å². The summed E-state index contributed by atoms with van der Waals surface area (Å²) in [6.45, 7) is -0.252. The monoisotopic (exact) mass is 368 g/mol. The fourth-order valence-corrected chi connectivity index (χ4v) is 2.64. The number of rotatable bonds is 8. The molecule has 0 radical (unpaired) electrons. The Morgan fingerprint density at radius 1 is 1.35 bits per heavy atom. The van der Waals surface area contributed by atoms with Gasteiger partial charge in [-0.1, -0.05) is 6.07 Å². The number of aliphatic hydroxyl groups is 1. The Morgan fingerprint density at radius 2 is 2.04 bits per heavy atom. The molecule has 1 heterocycles. The molecule has 1 aromatic rings. The van der Waals surface area contributed by atoms with Gasteiger partial charge in [0.1, 0.15) is 11.5 Å². The van der Waals surface area contributed by atoms with Gasteiger partial charge < -0.3 is 29.5 Å². The van der Waals surface area contributed by atoms with Gasteiger partial charge in [0.15, 0.2) is 6.29 Å². The maximum Gasteiger partial charge on any atom is 0.337 e. The van der Waals surface area contributed by atoms with Crippen molar-refractivity contribution < 1.29 is 33.3 Å². The number of hydrogen-bond donors (Lipinski definition) is 2. The Balaban J connectivity index is 2.38. The van der Waals surface area contributed by atoms with Crippen molar-refractivity contribution in [3.05, 3.63) is 40.8 Å². The first kappa shape index (κ1) is 19.8. The second kappa shape index (κ2) is 8.75. The van der Waals surface area contributed by atoms with Crippen LogP contribution in [0.3, 0.4) is 0 Å². The first-order valence-electron chi connectivity index (χ1n) is 7.80. The lowest BCUT2D eigenvalue weighted by molar-refractivity contribution is -0.136. The van der Waals surface area contributed by atoms with E-state index in [-0.39, 0.29) is 36.7 Å². The van der Waals surface area contributed by atoms with Crippen molar-refractivity contribution in [2.45, 2.75) is 6.29 Å². The lowest BCUT2D eigenvalue weighted by Crippen LogP contribution is -2.31. The third kappa shape index (κ3) is 4.01. The highest BCUT2D eigenvalue weighted by atomic mass is 19.1. The summed E-state index contributed by atoms with van der Waals surface area (Å²) in [4.78, 5) is 25.7. The van der Waals surface area contributed by atoms with Crippen LogP contribution in [0.1, 0.15) is 11.9 Å². The van der Waals surface area contributed by atoms with Gasteiger partial charge in [0.25, 0.3) is 5.91 Å². The van der Waals surface area contributed by atoms with Crippen LogP contribution in [0.4, 0.5) is 10.1 Å². The highest BCUT2D eigenvalue weighted by Gasteiger charge is 2.34. The summed E-state index contributed by atoms with van der Waals surface area (Å²) < 4.78 is 29.2. The molecule has 2 rings (SSSR count). The molecule has 8 nitrogen and oxygen atoms in total. The lowest BCUT2D eigenvalue weighted by Gasteiger charge is -2.17. The van der Waals surface area contributed by atoms with Crippen LogP contribution in [0.15, 0.2) is 29.5 Å². The molecule has 142 valence electrons. The number of ether oxygens (including phenoxy) is 3. The van der Waals surface area contributed by atoms with E-state index in [0.29, 0.717) is 5.56 Å². The van der Waals surface area contributed by atoms with Crippen molar-refractivity contribution in [1.82, 2.24) is 4.90 Å². The number of nitrogens with one attached hydrogen (secondary N) is 1. The molecule has 1 amide bonds. The minimum absolute atomic E-state index is 0.0165. The van der Waals surface area contributed by atoms with Gasteiger partial charge in [-0.05, 0) is 12.1 Å². The molecule has 0 unspecified atom stereocenters. The lowest BCUT2D eigenvalue weighted by atomic mass is 10.1. The average Bonchev–Trinajstić information content (AvgIpc) is 2.94. The molecule has 0 aliphatic carbocycles. The number of carbonyl (C=O) groups excluding carboxylic acids is 2. The molecule has 0 atom stereocenters. The summed E-state index contributed by atoms with van der Waals surface area (Å²) in [5.41, 5.74) is 0.479. The van der Waals surface area contributed by atoms with Crippen LogP contribution < -0.4 is 5.32 Å². The van der Waals surface area contributed by atoms with Crippen molar-refractivity contribution in [2.75, 3.05) is 46.3 Å². The maximum atomic E-state index is 14.2. The molecule has 0 bridgehead atoms. The molecule has 1 aromatic carbocycles. The second-order valence-corrected chi connectivity index (χ2v) is 5.46. The summed E-state index contributed by atoms with van der Waals surface area (Å²) in [6, 6.07) is 4.12. The molecule has 0 fully saturated rings. The van der Waals surface area contributed by atoms with Crippen LogP contribution in [0, 0.1) is 5.82 Å². The van der Waals surface area contributed by atoms with Crippen molar-refractivity contribution >= 4 is 17.6 Å². The Hall–Kier alpha value is -2.49. The number of methoxy groups -OCH3 is 3. The molecule has 0 saturated heterocycles. The number of carbonyl (C=O) groups is 2. The normalized spacial score (nSPS) is 14.4. The van der Waals surface area contributed by atoms with Crippen molar-refractivity contribution in [2.24, 2.45) is 0 Å². The van der Waals surface area contributed by atoms with E-state index in [1.165, 1.54) is 44.4 Å². The zero-order chi connectivity index (χ0) is 19.3. The first-order chi connectivity index (χ1) is 12.5. The summed E-state index contributed by atoms with van der Waals surface area (Å²) in [5.74, 6) is -1.85. The molecule has 1 aliphatic heterocycles. The van der Waals surface area contributed by atoms with E-state index in [4.69, 9.17) is 19.3 Å². The molecule has 1 aliphatic rings. The predicted octanol–water partition coefficient (Wildman–Crippen LogP) is 0.791. The van der Waals surface area contributed by atoms with Crippen LogP contribution in [-0.2, 0) is 23.8 Å². The summed E-state index contributed by atoms with van der Waals surface area (Å²) in [6.07, 6.45) is -0.713. The minimum atomic E-state index is -0.713. The highest BCUT2D eigenvalue weighted by molar-refractivity contribution is 6.08. The summed E-state index contributed by atoms with van der Waals surface area (Å²) >= 11 is 0. The standard InChI is InChI=1S/C17H21FN2O6/c1-24-16(23)11-9-20(6-7-21)15(22)14(11)19-13-8-10(4-5-12(13)18)17(25-2)26-3/h4-5,8,17,19,21H,6-7,9H2,1-3H3. The summed E-state index contributed by atoms with van der Waals surface area (Å²) in [7, 11) is 4.07. The number of nitrogens with zero attached hydrogens (tertiary/aromatic N) is 1. The van der Waals surface area contributed by atoms with E-state index >= 15 is 0 Å². The third-order valence-electron chi connectivity index (χ3n) is 3.90. The number of halogens is 1. The highest BCUT2D eigenvalue weighted by Crippen LogP contribution is 2.27. The van der Waals surface area contributed by atoms with Crippen LogP contribution in [0.5, 0.6) is 0 Å². The molecular weight excluding hydrogens is 347 g/mol. The number of aliphatic hydroxyl groups excluding tert-OH is 1. The fourth-order valence-electron chi connectivity index (χ4n) is 2.64. The fraction of sp³-hybridized carbons (Fsp3) is 0.412. The Morgan fingerprint density at radius 3 is 2.62 bits per heavy atom. The molecule has 26 heavy (non-hydrogen) atoms. The van der Waals surface area contributed by atoms with Crippen LogP contribution in [-0.4, -0.2) is 62.9 Å². The molecule has 9 heteroatoms. The third-order valence-corrected chi connectivity index (χ3v) is 3.90. The van der Waals surface area contributed by atoms with Gasteiger partial charge in [0.2, 0.25) is 0 Å². The Labute approximate surface area is 150 Å². The molecule has 2 N–H and O–H groups in total. The topological polar surface area (TPSA) is 97.3 Å². The molecular formula is C17H21FN2O6. The van der Waals surface area contributed by atoms with Gasteiger partial charge in [-0.2, -0.15) is 0 Å². The van der Waals surface area contributed by atoms with E-state index in [1.807, 2.05) is 0 Å². The van der Waals surface area contributed by atoms with Gasteiger partial charge in [-0.25, -0.2) is 9.18 Å². The Kier molecular flexibility index (Phi) is 6.67. The second-order valence-electron chi connectivity index (χ2n) is 5.46. The van der Waals surface area contributed by atoms with Gasteiger partial charge >= 0.3 is 5.97 Å². The number of anilines is 1. The van der Waals surface area contributed by atoms with E-state index in [1.54, 1.807) is 0 Å². The zero-order valence-electron chi connectivity index (χ0n) is 14.7. The van der Waals surface area contributed by atoms with E-state index in [0.717, 1.165) is 0 Å². The molecule has 0 saturated carbocycles. The van der Waals surface area contributed by atoms with Crippen LogP contribution >= 0.6 is 0 Å². The first-order valence-corrected chi connectivity index (χ1v) is 7.80. The molecule has 0 aromatic heterocycles. The Bertz CT molecular complexity index is 717. The number of β-amino-alcohol motifs (C(OH)–C–C–N with tert-alkyl or cyclic N) is 1. The van der Waals surface area contributed by atoms with Crippen molar-refractivity contribution in [3.8, 4) is 0 Å². The average molecular weight is 368 g/mol. The number of hydrogen-bond acceptors (Lipinski definition) is 7. The minimum Gasteiger partial charge on any atom is -0.466 e. The van der Waals surface area contributed by atoms with Crippen LogP contribution in [0.2, 0.25) is 0 Å². The van der Waals surface area contributed by atoms with Gasteiger partial charge in [0, 0.05) is 26.3 Å². The largest absolute Gasteiger partial charge is 0.466 e. The van der Waals surface area contributed by atoms with Gasteiger partial charge in [-0.15, -0.1) is 0 Å². The maximum absolute atomic E-state index is 14.2.